The SMILES string of the molecule is Clc1cc(CNC[C@@H]2C[C@@H]3C=C[C@H]2C3)cc2c1OCCCO2. The fourth-order valence-corrected chi connectivity index (χ4v) is 4.21. The van der Waals surface area contributed by atoms with E-state index in [1.165, 1.54) is 12.8 Å². The molecule has 4 rings (SSSR count). The molecule has 1 aliphatic heterocycles. The van der Waals surface area contributed by atoms with Crippen LogP contribution in [0.2, 0.25) is 5.02 Å². The first-order chi connectivity index (χ1) is 10.8. The average Bonchev–Trinajstić information content (AvgIpc) is 3.04. The van der Waals surface area contributed by atoms with E-state index in [-0.39, 0.29) is 0 Å². The third-order valence-electron chi connectivity index (χ3n) is 5.01. The molecule has 0 spiro atoms. The van der Waals surface area contributed by atoms with E-state index < -0.39 is 0 Å². The minimum absolute atomic E-state index is 0.652. The van der Waals surface area contributed by atoms with Crippen LogP contribution in [0.15, 0.2) is 24.3 Å². The Morgan fingerprint density at radius 2 is 2.05 bits per heavy atom. The normalized spacial score (nSPS) is 28.9. The third kappa shape index (κ3) is 2.84. The summed E-state index contributed by atoms with van der Waals surface area (Å²) in [6.45, 7) is 3.27. The molecule has 1 N–H and O–H groups in total. The zero-order valence-electron chi connectivity index (χ0n) is 12.7. The van der Waals surface area contributed by atoms with Gasteiger partial charge in [-0.2, -0.15) is 0 Å². The van der Waals surface area contributed by atoms with Gasteiger partial charge >= 0.3 is 0 Å². The largest absolute Gasteiger partial charge is 0.489 e. The summed E-state index contributed by atoms with van der Waals surface area (Å²) in [5, 5.41) is 4.24. The Bertz CT molecular complexity index is 587. The molecule has 1 heterocycles. The zero-order valence-corrected chi connectivity index (χ0v) is 13.4. The Morgan fingerprint density at radius 1 is 1.14 bits per heavy atom. The van der Waals surface area contributed by atoms with Gasteiger partial charge in [0, 0.05) is 13.0 Å². The van der Waals surface area contributed by atoms with Crippen molar-refractivity contribution in [3.63, 3.8) is 0 Å². The highest BCUT2D eigenvalue weighted by Gasteiger charge is 2.34. The fraction of sp³-hybridized carbons (Fsp3) is 0.556. The quantitative estimate of drug-likeness (QED) is 0.856. The summed E-state index contributed by atoms with van der Waals surface area (Å²) in [5.74, 6) is 3.91. The van der Waals surface area contributed by atoms with E-state index in [1.54, 1.807) is 0 Å². The van der Waals surface area contributed by atoms with Crippen LogP contribution < -0.4 is 14.8 Å². The van der Waals surface area contributed by atoms with Gasteiger partial charge in [0.25, 0.3) is 0 Å². The van der Waals surface area contributed by atoms with Crippen molar-refractivity contribution >= 4 is 11.6 Å². The highest BCUT2D eigenvalue weighted by atomic mass is 35.5. The van der Waals surface area contributed by atoms with Gasteiger partial charge in [-0.1, -0.05) is 23.8 Å². The van der Waals surface area contributed by atoms with Crippen molar-refractivity contribution in [2.45, 2.75) is 25.8 Å². The second kappa shape index (κ2) is 6.13. The first kappa shape index (κ1) is 14.4. The standard InChI is InChI=1S/C18H22ClNO2/c19-16-8-13(9-17-18(16)22-5-1-4-21-17)10-20-11-15-7-12-2-3-14(15)6-12/h2-3,8-9,12,14-15,20H,1,4-7,10-11H2/t12-,14+,15+/m1/s1. The highest BCUT2D eigenvalue weighted by molar-refractivity contribution is 6.32. The Hall–Kier alpha value is -1.19. The lowest BCUT2D eigenvalue weighted by Crippen LogP contribution is -2.25. The van der Waals surface area contributed by atoms with E-state index in [2.05, 4.69) is 23.5 Å². The lowest BCUT2D eigenvalue weighted by atomic mass is 9.93. The van der Waals surface area contributed by atoms with Gasteiger partial charge in [0.1, 0.15) is 0 Å². The Kier molecular flexibility index (Phi) is 4.01. The van der Waals surface area contributed by atoms with E-state index in [4.69, 9.17) is 21.1 Å². The molecule has 0 aromatic heterocycles. The summed E-state index contributed by atoms with van der Waals surface area (Å²) in [7, 11) is 0. The maximum absolute atomic E-state index is 6.34. The van der Waals surface area contributed by atoms with Gasteiger partial charge < -0.3 is 14.8 Å². The number of rotatable bonds is 4. The van der Waals surface area contributed by atoms with Crippen LogP contribution in [0.3, 0.4) is 0 Å². The van der Waals surface area contributed by atoms with Crippen molar-refractivity contribution in [1.82, 2.24) is 5.32 Å². The van der Waals surface area contributed by atoms with Gasteiger partial charge in [-0.3, -0.25) is 0 Å². The molecule has 0 amide bonds. The van der Waals surface area contributed by atoms with Gasteiger partial charge in [-0.05, 0) is 54.8 Å². The molecule has 118 valence electrons. The lowest BCUT2D eigenvalue weighted by Gasteiger charge is -2.19. The summed E-state index contributed by atoms with van der Waals surface area (Å²) in [4.78, 5) is 0. The maximum atomic E-state index is 6.34. The van der Waals surface area contributed by atoms with Crippen LogP contribution in [0.4, 0.5) is 0 Å². The molecular weight excluding hydrogens is 298 g/mol. The van der Waals surface area contributed by atoms with Crippen molar-refractivity contribution in [3.8, 4) is 11.5 Å². The molecule has 0 unspecified atom stereocenters. The fourth-order valence-electron chi connectivity index (χ4n) is 3.92. The smallest absolute Gasteiger partial charge is 0.179 e. The average molecular weight is 320 g/mol. The molecule has 1 saturated carbocycles. The number of benzene rings is 1. The van der Waals surface area contributed by atoms with Crippen LogP contribution in [0, 0.1) is 17.8 Å². The molecule has 1 aromatic rings. The van der Waals surface area contributed by atoms with Gasteiger partial charge in [0.15, 0.2) is 11.5 Å². The number of nitrogens with one attached hydrogen (secondary N) is 1. The minimum Gasteiger partial charge on any atom is -0.489 e. The number of ether oxygens (including phenoxy) is 2. The van der Waals surface area contributed by atoms with E-state index in [0.717, 1.165) is 48.6 Å². The van der Waals surface area contributed by atoms with Crippen LogP contribution in [-0.2, 0) is 6.54 Å². The van der Waals surface area contributed by atoms with E-state index in [1.807, 2.05) is 6.07 Å². The molecule has 2 bridgehead atoms. The molecule has 0 radical (unpaired) electrons. The van der Waals surface area contributed by atoms with Crippen molar-refractivity contribution in [3.05, 3.63) is 34.9 Å². The lowest BCUT2D eigenvalue weighted by molar-refractivity contribution is 0.297. The van der Waals surface area contributed by atoms with Crippen molar-refractivity contribution in [2.24, 2.45) is 17.8 Å². The Labute approximate surface area is 136 Å². The second-order valence-corrected chi connectivity index (χ2v) is 7.03. The second-order valence-electron chi connectivity index (χ2n) is 6.63. The molecule has 3 nitrogen and oxygen atoms in total. The van der Waals surface area contributed by atoms with Gasteiger partial charge in [0.05, 0.1) is 18.2 Å². The van der Waals surface area contributed by atoms with Crippen LogP contribution in [0.5, 0.6) is 11.5 Å². The summed E-state index contributed by atoms with van der Waals surface area (Å²) in [6.07, 6.45) is 8.41. The molecule has 2 aliphatic carbocycles. The Morgan fingerprint density at radius 3 is 2.86 bits per heavy atom. The number of allylic oxidation sites excluding steroid dienone is 2. The third-order valence-corrected chi connectivity index (χ3v) is 5.29. The maximum Gasteiger partial charge on any atom is 0.179 e. The molecule has 1 aromatic carbocycles. The number of fused-ring (bicyclic) bond motifs is 3. The molecule has 3 atom stereocenters. The van der Waals surface area contributed by atoms with Gasteiger partial charge in [-0.15, -0.1) is 0 Å². The number of hydrogen-bond donors (Lipinski definition) is 1. The van der Waals surface area contributed by atoms with Gasteiger partial charge in [0.2, 0.25) is 0 Å². The minimum atomic E-state index is 0.652. The van der Waals surface area contributed by atoms with Crippen LogP contribution in [0.25, 0.3) is 0 Å². The van der Waals surface area contributed by atoms with Crippen LogP contribution in [0.1, 0.15) is 24.8 Å². The number of halogens is 1. The van der Waals surface area contributed by atoms with E-state index in [9.17, 15) is 0 Å². The van der Waals surface area contributed by atoms with Crippen molar-refractivity contribution in [2.75, 3.05) is 19.8 Å². The predicted molar refractivity (Wildman–Crippen MR) is 87.6 cm³/mol. The first-order valence-corrected chi connectivity index (χ1v) is 8.64. The molecule has 1 fully saturated rings. The summed E-state index contributed by atoms with van der Waals surface area (Å²) < 4.78 is 11.4. The molecular formula is C18H22ClNO2. The van der Waals surface area contributed by atoms with Crippen molar-refractivity contribution < 1.29 is 9.47 Å². The zero-order chi connectivity index (χ0) is 14.9. The van der Waals surface area contributed by atoms with E-state index >= 15 is 0 Å². The summed E-state index contributed by atoms with van der Waals surface area (Å²) in [5.41, 5.74) is 1.16. The predicted octanol–water partition coefficient (Wildman–Crippen LogP) is 3.80. The monoisotopic (exact) mass is 319 g/mol. The first-order valence-electron chi connectivity index (χ1n) is 8.26. The van der Waals surface area contributed by atoms with Crippen molar-refractivity contribution in [1.29, 1.82) is 0 Å². The Balaban J connectivity index is 1.37. The van der Waals surface area contributed by atoms with E-state index in [0.29, 0.717) is 24.0 Å². The van der Waals surface area contributed by atoms with Gasteiger partial charge in [-0.25, -0.2) is 0 Å². The summed E-state index contributed by atoms with van der Waals surface area (Å²) >= 11 is 6.34. The molecule has 0 saturated heterocycles. The van der Waals surface area contributed by atoms with Crippen LogP contribution >= 0.6 is 11.6 Å². The molecule has 4 heteroatoms. The van der Waals surface area contributed by atoms with Crippen LogP contribution in [-0.4, -0.2) is 19.8 Å². The topological polar surface area (TPSA) is 30.5 Å². The molecule has 22 heavy (non-hydrogen) atoms. The highest BCUT2D eigenvalue weighted by Crippen LogP contribution is 2.43. The molecule has 3 aliphatic rings. The number of hydrogen-bond acceptors (Lipinski definition) is 3. The summed E-state index contributed by atoms with van der Waals surface area (Å²) in [6, 6.07) is 4.04.